The molecule has 1 amide bonds. The number of hydrogen-bond donors (Lipinski definition) is 0. The van der Waals surface area contributed by atoms with Crippen molar-refractivity contribution >= 4 is 11.9 Å². The Kier molecular flexibility index (Phi) is 5.16. The zero-order valence-electron chi connectivity index (χ0n) is 13.5. The minimum absolute atomic E-state index is 0.0268. The van der Waals surface area contributed by atoms with E-state index in [1.54, 1.807) is 29.3 Å². The highest BCUT2D eigenvalue weighted by Gasteiger charge is 2.32. The van der Waals surface area contributed by atoms with Crippen molar-refractivity contribution in [3.05, 3.63) is 30.1 Å². The summed E-state index contributed by atoms with van der Waals surface area (Å²) in [7, 11) is 0. The summed E-state index contributed by atoms with van der Waals surface area (Å²) in [5.74, 6) is -0.0268. The molecule has 120 valence electrons. The van der Waals surface area contributed by atoms with Gasteiger partial charge in [-0.05, 0) is 52.2 Å². The Hall–Kier alpha value is -1.91. The third-order valence-corrected chi connectivity index (χ3v) is 3.63. The zero-order valence-corrected chi connectivity index (χ0v) is 13.5. The Morgan fingerprint density at radius 1 is 1.32 bits per heavy atom. The normalized spacial score (nSPS) is 18.9. The number of ketones is 1. The molecule has 22 heavy (non-hydrogen) atoms. The largest absolute Gasteiger partial charge is 0.444 e. The van der Waals surface area contributed by atoms with Gasteiger partial charge in [0.1, 0.15) is 11.3 Å². The van der Waals surface area contributed by atoms with Gasteiger partial charge in [-0.15, -0.1) is 0 Å². The highest BCUT2D eigenvalue weighted by Crippen LogP contribution is 2.23. The fraction of sp³-hybridized carbons (Fsp3) is 0.588. The quantitative estimate of drug-likeness (QED) is 0.803. The number of carbonyl (C=O) groups is 2. The van der Waals surface area contributed by atoms with Crippen molar-refractivity contribution in [3.63, 3.8) is 0 Å². The summed E-state index contributed by atoms with van der Waals surface area (Å²) in [4.78, 5) is 30.4. The Labute approximate surface area is 131 Å². The molecule has 0 radical (unpaired) electrons. The zero-order chi connectivity index (χ0) is 16.2. The lowest BCUT2D eigenvalue weighted by Crippen LogP contribution is -2.47. The van der Waals surface area contributed by atoms with Gasteiger partial charge in [-0.3, -0.25) is 9.78 Å². The van der Waals surface area contributed by atoms with Gasteiger partial charge in [0.25, 0.3) is 0 Å². The molecule has 2 heterocycles. The van der Waals surface area contributed by atoms with Crippen LogP contribution in [0.25, 0.3) is 0 Å². The molecule has 1 fully saturated rings. The topological polar surface area (TPSA) is 59.5 Å². The molecule has 0 bridgehead atoms. The second-order valence-corrected chi connectivity index (χ2v) is 6.67. The average Bonchev–Trinajstić information content (AvgIpc) is 2.47. The summed E-state index contributed by atoms with van der Waals surface area (Å²) in [6, 6.07) is 5.19. The lowest BCUT2D eigenvalue weighted by Gasteiger charge is -2.36. The smallest absolute Gasteiger partial charge is 0.410 e. The number of likely N-dealkylation sites (tertiary alicyclic amines) is 1. The maximum Gasteiger partial charge on any atom is 0.410 e. The highest BCUT2D eigenvalue weighted by atomic mass is 16.6. The van der Waals surface area contributed by atoms with Crippen LogP contribution < -0.4 is 0 Å². The van der Waals surface area contributed by atoms with Crippen molar-refractivity contribution < 1.29 is 14.3 Å². The van der Waals surface area contributed by atoms with E-state index in [4.69, 9.17) is 4.74 Å². The summed E-state index contributed by atoms with van der Waals surface area (Å²) in [5.41, 5.74) is -0.0680. The van der Waals surface area contributed by atoms with Gasteiger partial charge in [0.05, 0.1) is 0 Å². The number of aromatic nitrogens is 1. The predicted molar refractivity (Wildman–Crippen MR) is 83.8 cm³/mol. The molecule has 1 aromatic heterocycles. The van der Waals surface area contributed by atoms with Crippen LogP contribution in [0.15, 0.2) is 24.4 Å². The van der Waals surface area contributed by atoms with E-state index >= 15 is 0 Å². The van der Waals surface area contributed by atoms with E-state index in [9.17, 15) is 9.59 Å². The molecule has 5 nitrogen and oxygen atoms in total. The third kappa shape index (κ3) is 4.55. The van der Waals surface area contributed by atoms with E-state index in [0.717, 1.165) is 19.3 Å². The minimum atomic E-state index is -0.524. The van der Waals surface area contributed by atoms with E-state index in [2.05, 4.69) is 4.98 Å². The number of carbonyl (C=O) groups excluding carboxylic acids is 2. The van der Waals surface area contributed by atoms with Gasteiger partial charge in [-0.2, -0.15) is 0 Å². The number of nitrogens with zero attached hydrogens (tertiary/aromatic N) is 2. The van der Waals surface area contributed by atoms with Crippen LogP contribution in [0.2, 0.25) is 0 Å². The molecule has 0 saturated carbocycles. The van der Waals surface area contributed by atoms with E-state index in [1.165, 1.54) is 0 Å². The third-order valence-electron chi connectivity index (χ3n) is 3.63. The molecule has 5 heteroatoms. The first kappa shape index (κ1) is 16.5. The number of ether oxygens (including phenoxy) is 1. The first-order valence-electron chi connectivity index (χ1n) is 7.81. The van der Waals surface area contributed by atoms with E-state index in [0.29, 0.717) is 18.7 Å². The second kappa shape index (κ2) is 6.90. The summed E-state index contributed by atoms with van der Waals surface area (Å²) in [5, 5.41) is 0. The fourth-order valence-corrected chi connectivity index (χ4v) is 2.62. The van der Waals surface area contributed by atoms with Crippen LogP contribution in [0.3, 0.4) is 0 Å². The molecule has 0 spiro atoms. The van der Waals surface area contributed by atoms with Crippen LogP contribution in [-0.2, 0) is 4.74 Å². The molecule has 2 rings (SSSR count). The molecular formula is C17H24N2O3. The summed E-state index contributed by atoms with van der Waals surface area (Å²) in [6.45, 7) is 6.20. The molecule has 1 aromatic rings. The summed E-state index contributed by atoms with van der Waals surface area (Å²) >= 11 is 0. The Morgan fingerprint density at radius 2 is 2.09 bits per heavy atom. The van der Waals surface area contributed by atoms with Gasteiger partial charge in [0, 0.05) is 25.2 Å². The maximum absolute atomic E-state index is 12.3. The summed E-state index contributed by atoms with van der Waals surface area (Å²) < 4.78 is 5.45. The van der Waals surface area contributed by atoms with Crippen molar-refractivity contribution in [2.75, 3.05) is 6.54 Å². The van der Waals surface area contributed by atoms with Gasteiger partial charge < -0.3 is 9.64 Å². The number of hydrogen-bond acceptors (Lipinski definition) is 4. The van der Waals surface area contributed by atoms with Crippen LogP contribution in [0.1, 0.15) is 56.9 Å². The van der Waals surface area contributed by atoms with Crippen LogP contribution in [-0.4, -0.2) is 39.9 Å². The molecule has 1 aliphatic heterocycles. The number of piperidine rings is 1. The average molecular weight is 304 g/mol. The Bertz CT molecular complexity index is 522. The predicted octanol–water partition coefficient (Wildman–Crippen LogP) is 3.44. The monoisotopic (exact) mass is 304 g/mol. The Morgan fingerprint density at radius 3 is 2.73 bits per heavy atom. The van der Waals surface area contributed by atoms with Crippen molar-refractivity contribution in [3.8, 4) is 0 Å². The molecular weight excluding hydrogens is 280 g/mol. The molecule has 1 unspecified atom stereocenters. The minimum Gasteiger partial charge on any atom is -0.444 e. The second-order valence-electron chi connectivity index (χ2n) is 6.67. The van der Waals surface area contributed by atoms with Gasteiger partial charge >= 0.3 is 6.09 Å². The fourth-order valence-electron chi connectivity index (χ4n) is 2.62. The number of pyridine rings is 1. The van der Waals surface area contributed by atoms with E-state index in [1.807, 2.05) is 20.8 Å². The molecule has 0 aromatic carbocycles. The Balaban J connectivity index is 2.04. The first-order chi connectivity index (χ1) is 10.4. The standard InChI is InChI=1S/C17H24N2O3/c1-17(2,3)22-16(21)19-11-7-5-8-13(19)12-15(20)14-9-4-6-10-18-14/h4,6,9-10,13H,5,7-8,11-12H2,1-3H3. The number of amides is 1. The van der Waals surface area contributed by atoms with Crippen LogP contribution in [0.5, 0.6) is 0 Å². The van der Waals surface area contributed by atoms with E-state index in [-0.39, 0.29) is 17.9 Å². The molecule has 1 aliphatic rings. The lowest BCUT2D eigenvalue weighted by molar-refractivity contribution is 0.00944. The molecule has 1 atom stereocenters. The van der Waals surface area contributed by atoms with Gasteiger partial charge in [0.2, 0.25) is 0 Å². The molecule has 0 N–H and O–H groups in total. The number of Topliss-reactive ketones (excluding diaryl/α,β-unsaturated/α-hetero) is 1. The summed E-state index contributed by atoms with van der Waals surface area (Å²) in [6.07, 6.45) is 4.40. The van der Waals surface area contributed by atoms with Gasteiger partial charge in [-0.25, -0.2) is 4.79 Å². The number of rotatable bonds is 3. The van der Waals surface area contributed by atoms with Crippen molar-refractivity contribution in [1.29, 1.82) is 0 Å². The van der Waals surface area contributed by atoms with Gasteiger partial charge in [0.15, 0.2) is 5.78 Å². The van der Waals surface area contributed by atoms with Crippen molar-refractivity contribution in [2.24, 2.45) is 0 Å². The van der Waals surface area contributed by atoms with Crippen molar-refractivity contribution in [2.45, 2.75) is 58.1 Å². The van der Waals surface area contributed by atoms with Crippen LogP contribution in [0, 0.1) is 0 Å². The highest BCUT2D eigenvalue weighted by molar-refractivity contribution is 5.94. The first-order valence-corrected chi connectivity index (χ1v) is 7.81. The SMILES string of the molecule is CC(C)(C)OC(=O)N1CCCCC1CC(=O)c1ccccn1. The maximum atomic E-state index is 12.3. The van der Waals surface area contributed by atoms with Crippen LogP contribution >= 0.6 is 0 Å². The van der Waals surface area contributed by atoms with Gasteiger partial charge in [-0.1, -0.05) is 6.07 Å². The lowest BCUT2D eigenvalue weighted by atomic mass is 9.97. The molecule has 0 aliphatic carbocycles. The molecule has 1 saturated heterocycles. The van der Waals surface area contributed by atoms with E-state index < -0.39 is 5.60 Å². The van der Waals surface area contributed by atoms with Crippen LogP contribution in [0.4, 0.5) is 4.79 Å². The van der Waals surface area contributed by atoms with Crippen molar-refractivity contribution in [1.82, 2.24) is 9.88 Å².